The quantitative estimate of drug-likeness (QED) is 0.560. The third-order valence-electron chi connectivity index (χ3n) is 3.02. The third kappa shape index (κ3) is 14.4. The Morgan fingerprint density at radius 2 is 1.74 bits per heavy atom. The number of ether oxygens (including phenoxy) is 1. The molecule has 136 valence electrons. The van der Waals surface area contributed by atoms with Gasteiger partial charge in [0, 0.05) is 18.8 Å². The standard InChI is InChI=1S/C16H33N3O3S/c1-6-19(7-2)11-8-9-17-14(20)13-23-12-10-18-15(21)22-16(3,4)5/h6-13H2,1-5H3,(H,17,20)(H,18,21). The van der Waals surface area contributed by atoms with Gasteiger partial charge in [-0.15, -0.1) is 0 Å². The zero-order valence-corrected chi connectivity index (χ0v) is 16.1. The Morgan fingerprint density at radius 3 is 2.30 bits per heavy atom. The number of carbonyl (C=O) groups excluding carboxylic acids is 2. The maximum absolute atomic E-state index is 11.7. The minimum Gasteiger partial charge on any atom is -0.444 e. The van der Waals surface area contributed by atoms with Crippen molar-refractivity contribution < 1.29 is 14.3 Å². The Morgan fingerprint density at radius 1 is 1.09 bits per heavy atom. The molecule has 7 heteroatoms. The van der Waals surface area contributed by atoms with E-state index in [9.17, 15) is 9.59 Å². The van der Waals surface area contributed by atoms with Crippen LogP contribution in [0.5, 0.6) is 0 Å². The molecule has 2 amide bonds. The molecule has 6 nitrogen and oxygen atoms in total. The first-order valence-electron chi connectivity index (χ1n) is 8.32. The van der Waals surface area contributed by atoms with Gasteiger partial charge in [-0.3, -0.25) is 4.79 Å². The van der Waals surface area contributed by atoms with Gasteiger partial charge < -0.3 is 20.3 Å². The number of thioether (sulfide) groups is 1. The van der Waals surface area contributed by atoms with Gasteiger partial charge in [0.15, 0.2) is 0 Å². The predicted octanol–water partition coefficient (Wildman–Crippen LogP) is 2.09. The highest BCUT2D eigenvalue weighted by Crippen LogP contribution is 2.06. The van der Waals surface area contributed by atoms with Gasteiger partial charge in [0.25, 0.3) is 0 Å². The van der Waals surface area contributed by atoms with E-state index in [-0.39, 0.29) is 5.91 Å². The van der Waals surface area contributed by atoms with Crippen molar-refractivity contribution in [1.29, 1.82) is 0 Å². The summed E-state index contributed by atoms with van der Waals surface area (Å²) >= 11 is 1.50. The molecule has 23 heavy (non-hydrogen) atoms. The molecule has 0 fully saturated rings. The van der Waals surface area contributed by atoms with E-state index in [1.165, 1.54) is 11.8 Å². The molecular weight excluding hydrogens is 314 g/mol. The fourth-order valence-electron chi connectivity index (χ4n) is 1.83. The molecule has 0 aliphatic carbocycles. The lowest BCUT2D eigenvalue weighted by Gasteiger charge is -2.19. The van der Waals surface area contributed by atoms with Crippen molar-refractivity contribution in [2.24, 2.45) is 0 Å². The lowest BCUT2D eigenvalue weighted by Crippen LogP contribution is -2.34. The van der Waals surface area contributed by atoms with Crippen molar-refractivity contribution in [2.45, 2.75) is 46.6 Å². The highest BCUT2D eigenvalue weighted by molar-refractivity contribution is 7.99. The highest BCUT2D eigenvalue weighted by Gasteiger charge is 2.15. The van der Waals surface area contributed by atoms with Crippen molar-refractivity contribution in [3.8, 4) is 0 Å². The molecule has 0 atom stereocenters. The number of rotatable bonds is 11. The van der Waals surface area contributed by atoms with Gasteiger partial charge >= 0.3 is 6.09 Å². The van der Waals surface area contributed by atoms with Crippen molar-refractivity contribution >= 4 is 23.8 Å². The summed E-state index contributed by atoms with van der Waals surface area (Å²) in [6.07, 6.45) is 0.553. The first kappa shape index (κ1) is 22.1. The number of carbonyl (C=O) groups is 2. The van der Waals surface area contributed by atoms with Crippen LogP contribution < -0.4 is 10.6 Å². The fraction of sp³-hybridized carbons (Fsp3) is 0.875. The minimum atomic E-state index is -0.484. The molecule has 0 saturated heterocycles. The van der Waals surface area contributed by atoms with Gasteiger partial charge in [-0.1, -0.05) is 13.8 Å². The van der Waals surface area contributed by atoms with Crippen LogP contribution in [0.1, 0.15) is 41.0 Å². The second-order valence-corrected chi connectivity index (χ2v) is 7.32. The van der Waals surface area contributed by atoms with E-state index in [4.69, 9.17) is 4.74 Å². The molecule has 0 bridgehead atoms. The van der Waals surface area contributed by atoms with Crippen molar-refractivity contribution in [1.82, 2.24) is 15.5 Å². The number of nitrogens with zero attached hydrogens (tertiary/aromatic N) is 1. The molecule has 0 aromatic heterocycles. The average Bonchev–Trinajstić information content (AvgIpc) is 2.45. The van der Waals surface area contributed by atoms with Gasteiger partial charge in [0.2, 0.25) is 5.91 Å². The topological polar surface area (TPSA) is 70.7 Å². The van der Waals surface area contributed by atoms with E-state index in [0.717, 1.165) is 26.1 Å². The fourth-order valence-corrected chi connectivity index (χ4v) is 2.50. The van der Waals surface area contributed by atoms with Gasteiger partial charge in [0.1, 0.15) is 5.60 Å². The van der Waals surface area contributed by atoms with Crippen LogP contribution in [-0.4, -0.2) is 66.7 Å². The maximum Gasteiger partial charge on any atom is 0.407 e. The Kier molecular flexibility index (Phi) is 12.0. The van der Waals surface area contributed by atoms with E-state index < -0.39 is 11.7 Å². The predicted molar refractivity (Wildman–Crippen MR) is 97.0 cm³/mol. The van der Waals surface area contributed by atoms with E-state index in [2.05, 4.69) is 29.4 Å². The molecular formula is C16H33N3O3S. The maximum atomic E-state index is 11.7. The molecule has 0 aromatic carbocycles. The molecule has 0 aromatic rings. The third-order valence-corrected chi connectivity index (χ3v) is 3.97. The van der Waals surface area contributed by atoms with Gasteiger partial charge in [-0.05, 0) is 46.8 Å². The van der Waals surface area contributed by atoms with Crippen LogP contribution in [-0.2, 0) is 9.53 Å². The normalized spacial score (nSPS) is 11.4. The summed E-state index contributed by atoms with van der Waals surface area (Å²) in [6, 6.07) is 0. The Balaban J connectivity index is 3.52. The summed E-state index contributed by atoms with van der Waals surface area (Å²) in [6.45, 7) is 14.1. The van der Waals surface area contributed by atoms with Crippen LogP contribution in [0.2, 0.25) is 0 Å². The number of amides is 2. The average molecular weight is 348 g/mol. The lowest BCUT2D eigenvalue weighted by molar-refractivity contribution is -0.118. The smallest absolute Gasteiger partial charge is 0.407 e. The van der Waals surface area contributed by atoms with Crippen molar-refractivity contribution in [3.05, 3.63) is 0 Å². The van der Waals surface area contributed by atoms with E-state index in [0.29, 0.717) is 24.6 Å². The van der Waals surface area contributed by atoms with Crippen LogP contribution >= 0.6 is 11.8 Å². The first-order valence-corrected chi connectivity index (χ1v) is 9.47. The Hall–Kier alpha value is -0.950. The largest absolute Gasteiger partial charge is 0.444 e. The molecule has 0 aliphatic rings. The van der Waals surface area contributed by atoms with Gasteiger partial charge in [-0.2, -0.15) is 11.8 Å². The molecule has 0 radical (unpaired) electrons. The number of nitrogens with one attached hydrogen (secondary N) is 2. The lowest BCUT2D eigenvalue weighted by atomic mass is 10.2. The second-order valence-electron chi connectivity index (χ2n) is 6.21. The van der Waals surface area contributed by atoms with Crippen LogP contribution in [0.25, 0.3) is 0 Å². The van der Waals surface area contributed by atoms with E-state index in [1.54, 1.807) is 0 Å². The molecule has 0 spiro atoms. The monoisotopic (exact) mass is 347 g/mol. The van der Waals surface area contributed by atoms with Crippen molar-refractivity contribution in [3.63, 3.8) is 0 Å². The van der Waals surface area contributed by atoms with Crippen LogP contribution in [0.15, 0.2) is 0 Å². The van der Waals surface area contributed by atoms with Gasteiger partial charge in [-0.25, -0.2) is 4.79 Å². The Labute approximate surface area is 145 Å². The summed E-state index contributed by atoms with van der Waals surface area (Å²) in [5, 5.41) is 5.59. The van der Waals surface area contributed by atoms with Crippen molar-refractivity contribution in [2.75, 3.05) is 44.2 Å². The van der Waals surface area contributed by atoms with Crippen LogP contribution in [0.3, 0.4) is 0 Å². The molecule has 0 unspecified atom stereocenters. The summed E-state index contributed by atoms with van der Waals surface area (Å²) in [4.78, 5) is 25.4. The number of hydrogen-bond acceptors (Lipinski definition) is 5. The number of alkyl carbamates (subject to hydrolysis) is 1. The summed E-state index contributed by atoms with van der Waals surface area (Å²) in [5.41, 5.74) is -0.484. The van der Waals surface area contributed by atoms with Crippen LogP contribution in [0.4, 0.5) is 4.79 Å². The second kappa shape index (κ2) is 12.5. The summed E-state index contributed by atoms with van der Waals surface area (Å²) in [5.74, 6) is 1.15. The molecule has 0 aliphatic heterocycles. The molecule has 0 rings (SSSR count). The number of hydrogen-bond donors (Lipinski definition) is 2. The van der Waals surface area contributed by atoms with E-state index >= 15 is 0 Å². The molecule has 2 N–H and O–H groups in total. The summed E-state index contributed by atoms with van der Waals surface area (Å²) in [7, 11) is 0. The SMILES string of the molecule is CCN(CC)CCCNC(=O)CSCCNC(=O)OC(C)(C)C. The first-order chi connectivity index (χ1) is 10.8. The van der Waals surface area contributed by atoms with Gasteiger partial charge in [0.05, 0.1) is 5.75 Å². The molecule has 0 saturated carbocycles. The Bertz CT molecular complexity index is 342. The zero-order valence-electron chi connectivity index (χ0n) is 15.2. The minimum absolute atomic E-state index is 0.0480. The molecule has 0 heterocycles. The zero-order chi connectivity index (χ0) is 17.7. The highest BCUT2D eigenvalue weighted by atomic mass is 32.2. The summed E-state index contributed by atoms with van der Waals surface area (Å²) < 4.78 is 5.13. The van der Waals surface area contributed by atoms with Crippen LogP contribution in [0, 0.1) is 0 Å². The van der Waals surface area contributed by atoms with E-state index in [1.807, 2.05) is 20.8 Å².